The molecule has 10 heteroatoms. The van der Waals surface area contributed by atoms with Gasteiger partial charge in [0.1, 0.15) is 22.2 Å². The molecule has 0 aliphatic heterocycles. The topological polar surface area (TPSA) is 126 Å². The zero-order chi connectivity index (χ0) is 35.0. The molecule has 0 bridgehead atoms. The van der Waals surface area contributed by atoms with E-state index in [1.54, 1.807) is 60.7 Å². The molecule has 9 nitrogen and oxygen atoms in total. The number of para-hydroxylation sites is 2. The van der Waals surface area contributed by atoms with Crippen molar-refractivity contribution in [2.45, 2.75) is 10.1 Å². The molecule has 5 aromatic carbocycles. The van der Waals surface area contributed by atoms with Crippen LogP contribution < -0.4 is 16.0 Å². The highest BCUT2D eigenvalue weighted by Gasteiger charge is 2.23. The van der Waals surface area contributed by atoms with Crippen LogP contribution in [0.2, 0.25) is 0 Å². The predicted octanol–water partition coefficient (Wildman–Crippen LogP) is 8.97. The first-order valence-corrected chi connectivity index (χ1v) is 16.9. The first kappa shape index (κ1) is 32.9. The van der Waals surface area contributed by atoms with Gasteiger partial charge in [-0.1, -0.05) is 66.7 Å². The first-order chi connectivity index (χ1) is 25.0. The van der Waals surface area contributed by atoms with Crippen LogP contribution in [0.25, 0.3) is 28.6 Å². The number of nitrogens with one attached hydrogen (secondary N) is 3. The second kappa shape index (κ2) is 15.3. The summed E-state index contributed by atoms with van der Waals surface area (Å²) in [6.45, 7) is 0. The Morgan fingerprint density at radius 1 is 0.706 bits per heavy atom. The summed E-state index contributed by atoms with van der Waals surface area (Å²) in [5.41, 5.74) is 4.58. The zero-order valence-corrected chi connectivity index (χ0v) is 27.8. The van der Waals surface area contributed by atoms with Crippen molar-refractivity contribution in [3.63, 3.8) is 0 Å². The molecule has 3 N–H and O–H groups in total. The van der Waals surface area contributed by atoms with Crippen LogP contribution in [0.5, 0.6) is 0 Å². The van der Waals surface area contributed by atoms with Gasteiger partial charge in [-0.2, -0.15) is 0 Å². The minimum Gasteiger partial charge on any atom is -0.465 e. The SMILES string of the molecule is O=C(Nc1cccc(SC(C(=O)Nc2ccc(-c3nc4ccccc4o3)cc2)c2ccccc2)c1)/C(=C/c1ccco1)NC(=O)c1ccccc1. The van der Waals surface area contributed by atoms with Gasteiger partial charge in [0, 0.05) is 33.5 Å². The zero-order valence-electron chi connectivity index (χ0n) is 27.0. The number of carbonyl (C=O) groups excluding carboxylic acids is 3. The molecule has 0 saturated carbocycles. The summed E-state index contributed by atoms with van der Waals surface area (Å²) >= 11 is 1.35. The van der Waals surface area contributed by atoms with Gasteiger partial charge in [0.15, 0.2) is 5.58 Å². The predicted molar refractivity (Wildman–Crippen MR) is 199 cm³/mol. The van der Waals surface area contributed by atoms with E-state index in [1.165, 1.54) is 24.1 Å². The lowest BCUT2D eigenvalue weighted by atomic mass is 10.1. The van der Waals surface area contributed by atoms with E-state index in [2.05, 4.69) is 20.9 Å². The van der Waals surface area contributed by atoms with E-state index in [4.69, 9.17) is 8.83 Å². The van der Waals surface area contributed by atoms with Gasteiger partial charge in [-0.25, -0.2) is 4.98 Å². The molecular weight excluding hydrogens is 661 g/mol. The van der Waals surface area contributed by atoms with Crippen LogP contribution in [-0.4, -0.2) is 22.7 Å². The van der Waals surface area contributed by atoms with Gasteiger partial charge in [0.05, 0.1) is 6.26 Å². The van der Waals surface area contributed by atoms with Gasteiger partial charge < -0.3 is 24.8 Å². The van der Waals surface area contributed by atoms with Crippen LogP contribution in [-0.2, 0) is 9.59 Å². The van der Waals surface area contributed by atoms with Crippen molar-refractivity contribution < 1.29 is 23.2 Å². The fourth-order valence-electron chi connectivity index (χ4n) is 5.24. The number of hydrogen-bond donors (Lipinski definition) is 3. The van der Waals surface area contributed by atoms with Crippen molar-refractivity contribution in [1.29, 1.82) is 0 Å². The number of fused-ring (bicyclic) bond motifs is 1. The van der Waals surface area contributed by atoms with E-state index in [0.29, 0.717) is 34.2 Å². The van der Waals surface area contributed by atoms with Gasteiger partial charge in [0.2, 0.25) is 11.8 Å². The number of amides is 3. The lowest BCUT2D eigenvalue weighted by Crippen LogP contribution is -2.30. The molecule has 3 amide bonds. The molecule has 7 aromatic rings. The third-order valence-corrected chi connectivity index (χ3v) is 8.99. The standard InChI is InChI=1S/C41H30N4O5S/c46-38(28-13-5-2-6-14-28)44-35(26-32-16-10-24-49-32)39(47)43-31-15-9-17-33(25-31)51-37(27-11-3-1-4-12-27)40(48)42-30-22-20-29(21-23-30)41-45-34-18-7-8-19-36(34)50-41/h1-26,37H,(H,42,48)(H,43,47)(H,44,46)/b35-26-. The molecule has 2 heterocycles. The normalized spacial score (nSPS) is 11.9. The Hall–Kier alpha value is -6.65. The number of hydrogen-bond acceptors (Lipinski definition) is 7. The maximum atomic E-state index is 13.8. The quantitative estimate of drug-likeness (QED) is 0.0914. The highest BCUT2D eigenvalue weighted by Crippen LogP contribution is 2.37. The third kappa shape index (κ3) is 8.15. The number of rotatable bonds is 11. The molecule has 7 rings (SSSR count). The van der Waals surface area contributed by atoms with Crippen molar-refractivity contribution in [2.75, 3.05) is 10.6 Å². The fraction of sp³-hybridized carbons (Fsp3) is 0.0244. The monoisotopic (exact) mass is 690 g/mol. The Balaban J connectivity index is 1.07. The summed E-state index contributed by atoms with van der Waals surface area (Å²) in [5, 5.41) is 8.00. The van der Waals surface area contributed by atoms with Crippen molar-refractivity contribution >= 4 is 58.0 Å². The highest BCUT2D eigenvalue weighted by molar-refractivity contribution is 8.00. The molecule has 51 heavy (non-hydrogen) atoms. The Morgan fingerprint density at radius 3 is 2.20 bits per heavy atom. The average molecular weight is 691 g/mol. The molecule has 1 atom stereocenters. The summed E-state index contributed by atoms with van der Waals surface area (Å²) < 4.78 is 11.3. The van der Waals surface area contributed by atoms with E-state index in [0.717, 1.165) is 21.5 Å². The van der Waals surface area contributed by atoms with Crippen LogP contribution in [0.1, 0.15) is 26.9 Å². The Morgan fingerprint density at radius 2 is 1.45 bits per heavy atom. The summed E-state index contributed by atoms with van der Waals surface area (Å²) in [5.74, 6) is -0.305. The van der Waals surface area contributed by atoms with Crippen molar-refractivity contribution in [3.05, 3.63) is 174 Å². The number of benzene rings is 5. The summed E-state index contributed by atoms with van der Waals surface area (Å²) in [7, 11) is 0. The lowest BCUT2D eigenvalue weighted by molar-refractivity contribution is -0.116. The summed E-state index contributed by atoms with van der Waals surface area (Å²) in [6, 6.07) is 43.6. The molecule has 0 aliphatic carbocycles. The molecule has 0 radical (unpaired) electrons. The van der Waals surface area contributed by atoms with Gasteiger partial charge in [-0.05, 0) is 84.4 Å². The number of nitrogens with zero attached hydrogens (tertiary/aromatic N) is 1. The molecule has 2 aromatic heterocycles. The maximum absolute atomic E-state index is 13.8. The first-order valence-electron chi connectivity index (χ1n) is 16.0. The molecule has 250 valence electrons. The van der Waals surface area contributed by atoms with Crippen molar-refractivity contribution in [1.82, 2.24) is 10.3 Å². The van der Waals surface area contributed by atoms with Gasteiger partial charge in [-0.3, -0.25) is 14.4 Å². The van der Waals surface area contributed by atoms with E-state index in [9.17, 15) is 14.4 Å². The van der Waals surface area contributed by atoms with Gasteiger partial charge in [0.25, 0.3) is 11.8 Å². The summed E-state index contributed by atoms with van der Waals surface area (Å²) in [6.07, 6.45) is 2.94. The minimum absolute atomic E-state index is 0.000482. The van der Waals surface area contributed by atoms with Gasteiger partial charge in [-0.15, -0.1) is 11.8 Å². The maximum Gasteiger partial charge on any atom is 0.272 e. The van der Waals surface area contributed by atoms with Crippen LogP contribution in [0, 0.1) is 0 Å². The highest BCUT2D eigenvalue weighted by atomic mass is 32.2. The number of aromatic nitrogens is 1. The van der Waals surface area contributed by atoms with E-state index >= 15 is 0 Å². The number of furan rings is 1. The number of oxazole rings is 1. The van der Waals surface area contributed by atoms with E-state index in [-0.39, 0.29) is 11.6 Å². The average Bonchev–Trinajstić information content (AvgIpc) is 3.85. The van der Waals surface area contributed by atoms with E-state index < -0.39 is 17.1 Å². The minimum atomic E-state index is -0.617. The molecule has 0 aliphatic rings. The van der Waals surface area contributed by atoms with Crippen molar-refractivity contribution in [2.24, 2.45) is 0 Å². The molecule has 0 saturated heterocycles. The molecule has 1 unspecified atom stereocenters. The second-order valence-electron chi connectivity index (χ2n) is 11.3. The number of anilines is 2. The van der Waals surface area contributed by atoms with E-state index in [1.807, 2.05) is 84.9 Å². The number of thioether (sulfide) groups is 1. The Bertz CT molecular complexity index is 2290. The Kier molecular flexibility index (Phi) is 9.84. The molecule has 0 fully saturated rings. The largest absolute Gasteiger partial charge is 0.465 e. The van der Waals surface area contributed by atoms with Crippen LogP contribution in [0.4, 0.5) is 11.4 Å². The van der Waals surface area contributed by atoms with Gasteiger partial charge >= 0.3 is 0 Å². The Labute approximate surface area is 297 Å². The molecular formula is C41H30N4O5S. The van der Waals surface area contributed by atoms with Crippen molar-refractivity contribution in [3.8, 4) is 11.5 Å². The second-order valence-corrected chi connectivity index (χ2v) is 12.5. The smallest absolute Gasteiger partial charge is 0.272 e. The summed E-state index contributed by atoms with van der Waals surface area (Å²) in [4.78, 5) is 45.6. The van der Waals surface area contributed by atoms with Crippen LogP contribution in [0.3, 0.4) is 0 Å². The fourth-order valence-corrected chi connectivity index (χ4v) is 6.32. The van der Waals surface area contributed by atoms with Crippen LogP contribution >= 0.6 is 11.8 Å². The third-order valence-electron chi connectivity index (χ3n) is 7.74. The number of carbonyl (C=O) groups is 3. The lowest BCUT2D eigenvalue weighted by Gasteiger charge is -2.18. The molecule has 0 spiro atoms. The van der Waals surface area contributed by atoms with Crippen LogP contribution in [0.15, 0.2) is 171 Å².